The molecule has 0 aromatic carbocycles. The van der Waals surface area contributed by atoms with E-state index in [-0.39, 0.29) is 0 Å². The molecular weight excluding hydrogens is 232 g/mol. The summed E-state index contributed by atoms with van der Waals surface area (Å²) in [5, 5.41) is 1.08. The second-order valence-corrected chi connectivity index (χ2v) is 4.23. The molecule has 0 N–H and O–H groups in total. The Bertz CT molecular complexity index is 309. The number of aromatic nitrogens is 2. The molecule has 1 heterocycles. The normalized spacial score (nSPS) is 10.3. The zero-order valence-electron chi connectivity index (χ0n) is 8.99. The molecule has 0 aliphatic carbocycles. The summed E-state index contributed by atoms with van der Waals surface area (Å²) in [6.45, 7) is 2.85. The number of unbranched alkanes of at least 4 members (excludes halogenated alkanes) is 2. The standard InChI is InChI=1S/C10H15ClN2OS/c1-3-4-5-6-14-9-7-8(11)12-10(13-9)15-2/h7H,3-6H2,1-2H3. The first-order valence-electron chi connectivity index (χ1n) is 4.97. The Morgan fingerprint density at radius 2 is 2.20 bits per heavy atom. The Balaban J connectivity index is 2.49. The molecule has 0 aliphatic rings. The highest BCUT2D eigenvalue weighted by Gasteiger charge is 2.02. The van der Waals surface area contributed by atoms with E-state index in [0.717, 1.165) is 6.42 Å². The molecule has 15 heavy (non-hydrogen) atoms. The molecular formula is C10H15ClN2OS. The van der Waals surface area contributed by atoms with Crippen molar-refractivity contribution in [1.82, 2.24) is 9.97 Å². The second kappa shape index (κ2) is 6.90. The minimum atomic E-state index is 0.430. The van der Waals surface area contributed by atoms with Gasteiger partial charge in [0.25, 0.3) is 0 Å². The smallest absolute Gasteiger partial charge is 0.218 e. The highest BCUT2D eigenvalue weighted by molar-refractivity contribution is 7.98. The number of hydrogen-bond donors (Lipinski definition) is 0. The van der Waals surface area contributed by atoms with Crippen LogP contribution in [0, 0.1) is 0 Å². The highest BCUT2D eigenvalue weighted by Crippen LogP contribution is 2.18. The van der Waals surface area contributed by atoms with Crippen molar-refractivity contribution < 1.29 is 4.74 Å². The molecule has 0 spiro atoms. The van der Waals surface area contributed by atoms with Crippen LogP contribution in [0.15, 0.2) is 11.2 Å². The van der Waals surface area contributed by atoms with E-state index in [1.807, 2.05) is 6.26 Å². The van der Waals surface area contributed by atoms with Gasteiger partial charge in [0.2, 0.25) is 5.88 Å². The summed E-state index contributed by atoms with van der Waals surface area (Å²) < 4.78 is 5.48. The second-order valence-electron chi connectivity index (χ2n) is 3.07. The Labute approximate surface area is 99.6 Å². The summed E-state index contributed by atoms with van der Waals surface area (Å²) >= 11 is 7.28. The fraction of sp³-hybridized carbons (Fsp3) is 0.600. The van der Waals surface area contributed by atoms with Gasteiger partial charge in [0.05, 0.1) is 6.61 Å². The van der Waals surface area contributed by atoms with Gasteiger partial charge in [-0.25, -0.2) is 4.98 Å². The van der Waals surface area contributed by atoms with E-state index in [0.29, 0.717) is 22.8 Å². The van der Waals surface area contributed by atoms with E-state index in [9.17, 15) is 0 Å². The molecule has 1 aromatic rings. The summed E-state index contributed by atoms with van der Waals surface area (Å²) in [7, 11) is 0. The predicted octanol–water partition coefficient (Wildman–Crippen LogP) is 3.42. The molecule has 0 saturated carbocycles. The molecule has 1 rings (SSSR count). The maximum absolute atomic E-state index is 5.82. The van der Waals surface area contributed by atoms with Crippen LogP contribution in [0.5, 0.6) is 5.88 Å². The number of ether oxygens (including phenoxy) is 1. The van der Waals surface area contributed by atoms with Gasteiger partial charge in [-0.05, 0) is 12.7 Å². The van der Waals surface area contributed by atoms with Crippen molar-refractivity contribution in [2.75, 3.05) is 12.9 Å². The molecule has 0 saturated heterocycles. The first kappa shape index (κ1) is 12.6. The van der Waals surface area contributed by atoms with Crippen molar-refractivity contribution in [3.05, 3.63) is 11.2 Å². The topological polar surface area (TPSA) is 35.0 Å². The minimum absolute atomic E-state index is 0.430. The van der Waals surface area contributed by atoms with Gasteiger partial charge < -0.3 is 4.74 Å². The molecule has 0 fully saturated rings. The van der Waals surface area contributed by atoms with E-state index < -0.39 is 0 Å². The Hall–Kier alpha value is -0.480. The number of thioether (sulfide) groups is 1. The van der Waals surface area contributed by atoms with Gasteiger partial charge in [0, 0.05) is 6.07 Å². The number of nitrogens with zero attached hydrogens (tertiary/aromatic N) is 2. The number of rotatable bonds is 6. The molecule has 3 nitrogen and oxygen atoms in total. The lowest BCUT2D eigenvalue weighted by atomic mass is 10.3. The van der Waals surface area contributed by atoms with E-state index >= 15 is 0 Å². The molecule has 5 heteroatoms. The third kappa shape index (κ3) is 4.71. The molecule has 0 aliphatic heterocycles. The van der Waals surface area contributed by atoms with Crippen LogP contribution in [0.4, 0.5) is 0 Å². The zero-order chi connectivity index (χ0) is 11.1. The summed E-state index contributed by atoms with van der Waals surface area (Å²) in [6, 6.07) is 1.65. The Kier molecular flexibility index (Phi) is 5.79. The van der Waals surface area contributed by atoms with Crippen molar-refractivity contribution in [3.63, 3.8) is 0 Å². The number of halogens is 1. The quantitative estimate of drug-likeness (QED) is 0.333. The molecule has 84 valence electrons. The van der Waals surface area contributed by atoms with Gasteiger partial charge in [-0.1, -0.05) is 43.1 Å². The van der Waals surface area contributed by atoms with E-state index in [1.165, 1.54) is 24.6 Å². The molecule has 0 unspecified atom stereocenters. The van der Waals surface area contributed by atoms with Gasteiger partial charge >= 0.3 is 0 Å². The van der Waals surface area contributed by atoms with Crippen LogP contribution in [-0.4, -0.2) is 22.8 Å². The van der Waals surface area contributed by atoms with Gasteiger partial charge in [0.15, 0.2) is 5.16 Å². The van der Waals surface area contributed by atoms with E-state index in [2.05, 4.69) is 16.9 Å². The van der Waals surface area contributed by atoms with Crippen LogP contribution in [0.1, 0.15) is 26.2 Å². The first-order valence-corrected chi connectivity index (χ1v) is 6.58. The van der Waals surface area contributed by atoms with Gasteiger partial charge in [-0.2, -0.15) is 4.98 Å². The van der Waals surface area contributed by atoms with Crippen molar-refractivity contribution in [2.24, 2.45) is 0 Å². The Morgan fingerprint density at radius 3 is 2.87 bits per heavy atom. The molecule has 0 atom stereocenters. The monoisotopic (exact) mass is 246 g/mol. The maximum Gasteiger partial charge on any atom is 0.218 e. The SMILES string of the molecule is CCCCCOc1cc(Cl)nc(SC)n1. The van der Waals surface area contributed by atoms with Crippen molar-refractivity contribution in [1.29, 1.82) is 0 Å². The third-order valence-electron chi connectivity index (χ3n) is 1.83. The summed E-state index contributed by atoms with van der Waals surface area (Å²) in [4.78, 5) is 8.23. The minimum Gasteiger partial charge on any atom is -0.478 e. The fourth-order valence-electron chi connectivity index (χ4n) is 1.07. The van der Waals surface area contributed by atoms with Crippen LogP contribution in [0.2, 0.25) is 5.15 Å². The highest BCUT2D eigenvalue weighted by atomic mass is 35.5. The first-order chi connectivity index (χ1) is 7.26. The zero-order valence-corrected chi connectivity index (χ0v) is 10.6. The summed E-state index contributed by atoms with van der Waals surface area (Å²) in [5.41, 5.74) is 0. The number of hydrogen-bond acceptors (Lipinski definition) is 4. The summed E-state index contributed by atoms with van der Waals surface area (Å²) in [6.07, 6.45) is 5.32. The van der Waals surface area contributed by atoms with E-state index in [1.54, 1.807) is 6.07 Å². The third-order valence-corrected chi connectivity index (χ3v) is 2.57. The van der Waals surface area contributed by atoms with Crippen LogP contribution in [0.3, 0.4) is 0 Å². The summed E-state index contributed by atoms with van der Waals surface area (Å²) in [5.74, 6) is 0.565. The Morgan fingerprint density at radius 1 is 1.40 bits per heavy atom. The van der Waals surface area contributed by atoms with Crippen LogP contribution < -0.4 is 4.74 Å². The fourth-order valence-corrected chi connectivity index (χ4v) is 1.67. The average molecular weight is 247 g/mol. The van der Waals surface area contributed by atoms with Crippen molar-refractivity contribution >= 4 is 23.4 Å². The molecule has 0 bridgehead atoms. The lowest BCUT2D eigenvalue weighted by Crippen LogP contribution is -2.00. The van der Waals surface area contributed by atoms with Gasteiger partial charge in [-0.3, -0.25) is 0 Å². The maximum atomic E-state index is 5.82. The largest absolute Gasteiger partial charge is 0.478 e. The van der Waals surface area contributed by atoms with Crippen LogP contribution in [0.25, 0.3) is 0 Å². The average Bonchev–Trinajstić information content (AvgIpc) is 2.23. The van der Waals surface area contributed by atoms with Crippen LogP contribution >= 0.6 is 23.4 Å². The molecule has 1 aromatic heterocycles. The van der Waals surface area contributed by atoms with Gasteiger partial charge in [0.1, 0.15) is 5.15 Å². The molecule has 0 amide bonds. The van der Waals surface area contributed by atoms with Gasteiger partial charge in [-0.15, -0.1) is 0 Å². The predicted molar refractivity (Wildman–Crippen MR) is 63.8 cm³/mol. The molecule has 0 radical (unpaired) electrons. The lowest BCUT2D eigenvalue weighted by molar-refractivity contribution is 0.292. The van der Waals surface area contributed by atoms with E-state index in [4.69, 9.17) is 16.3 Å². The lowest BCUT2D eigenvalue weighted by Gasteiger charge is -2.05. The van der Waals surface area contributed by atoms with Crippen molar-refractivity contribution in [3.8, 4) is 5.88 Å². The van der Waals surface area contributed by atoms with Crippen LogP contribution in [-0.2, 0) is 0 Å². The van der Waals surface area contributed by atoms with Crippen molar-refractivity contribution in [2.45, 2.75) is 31.3 Å².